The number of carbonyl (C=O) groups is 1. The molecule has 0 spiro atoms. The zero-order valence-electron chi connectivity index (χ0n) is 13.5. The smallest absolute Gasteiger partial charge is 0.410 e. The van der Waals surface area contributed by atoms with Crippen molar-refractivity contribution in [1.29, 1.82) is 0 Å². The highest BCUT2D eigenvalue weighted by molar-refractivity contribution is 14.1. The van der Waals surface area contributed by atoms with Crippen molar-refractivity contribution in [2.45, 2.75) is 51.2 Å². The van der Waals surface area contributed by atoms with Gasteiger partial charge in [0, 0.05) is 21.1 Å². The third-order valence-electron chi connectivity index (χ3n) is 4.48. The average molecular weight is 415 g/mol. The van der Waals surface area contributed by atoms with Crippen LogP contribution in [0.25, 0.3) is 0 Å². The molecule has 1 aromatic rings. The number of fused-ring (bicyclic) bond motifs is 3. The molecule has 0 bridgehead atoms. The molecule has 2 aliphatic rings. The molecule has 22 heavy (non-hydrogen) atoms. The van der Waals surface area contributed by atoms with E-state index in [1.807, 2.05) is 20.8 Å². The fraction of sp³-hybridized carbons (Fsp3) is 0.588. The van der Waals surface area contributed by atoms with Crippen LogP contribution in [-0.2, 0) is 10.2 Å². The van der Waals surface area contributed by atoms with Gasteiger partial charge in [-0.1, -0.05) is 13.0 Å². The van der Waals surface area contributed by atoms with Crippen LogP contribution in [0.1, 0.15) is 39.7 Å². The van der Waals surface area contributed by atoms with Gasteiger partial charge in [0.15, 0.2) is 0 Å². The topological polar surface area (TPSA) is 38.8 Å². The summed E-state index contributed by atoms with van der Waals surface area (Å²) in [6, 6.07) is 6.37. The van der Waals surface area contributed by atoms with Gasteiger partial charge in [0.05, 0.1) is 6.54 Å². The molecule has 1 amide bonds. The van der Waals surface area contributed by atoms with E-state index in [9.17, 15) is 4.79 Å². The van der Waals surface area contributed by atoms with Gasteiger partial charge < -0.3 is 14.4 Å². The van der Waals surface area contributed by atoms with E-state index in [1.54, 1.807) is 4.90 Å². The van der Waals surface area contributed by atoms with Crippen LogP contribution in [0.3, 0.4) is 0 Å². The SMILES string of the molecule is CC(C)(C)OC(=O)N1CCC2(C)c3ccc(I)cc3OC2C1. The Labute approximate surface area is 145 Å². The molecule has 0 aliphatic carbocycles. The zero-order valence-corrected chi connectivity index (χ0v) is 15.6. The highest BCUT2D eigenvalue weighted by Gasteiger charge is 2.49. The van der Waals surface area contributed by atoms with E-state index in [0.29, 0.717) is 13.1 Å². The van der Waals surface area contributed by atoms with Crippen molar-refractivity contribution in [3.63, 3.8) is 0 Å². The van der Waals surface area contributed by atoms with Gasteiger partial charge in [0.25, 0.3) is 0 Å². The Morgan fingerprint density at radius 3 is 2.86 bits per heavy atom. The molecule has 1 saturated heterocycles. The van der Waals surface area contributed by atoms with Crippen LogP contribution >= 0.6 is 22.6 Å². The number of hydrogen-bond donors (Lipinski definition) is 0. The van der Waals surface area contributed by atoms with E-state index in [-0.39, 0.29) is 17.6 Å². The lowest BCUT2D eigenvalue weighted by molar-refractivity contribution is -0.00223. The third-order valence-corrected chi connectivity index (χ3v) is 5.15. The Kier molecular flexibility index (Phi) is 3.82. The maximum Gasteiger partial charge on any atom is 0.410 e. The molecule has 3 rings (SSSR count). The van der Waals surface area contributed by atoms with Crippen LogP contribution < -0.4 is 4.74 Å². The van der Waals surface area contributed by atoms with Gasteiger partial charge in [0.2, 0.25) is 0 Å². The number of halogens is 1. The van der Waals surface area contributed by atoms with Gasteiger partial charge in [-0.25, -0.2) is 4.79 Å². The summed E-state index contributed by atoms with van der Waals surface area (Å²) in [4.78, 5) is 14.1. The number of rotatable bonds is 0. The van der Waals surface area contributed by atoms with Crippen LogP contribution in [0.2, 0.25) is 0 Å². The predicted octanol–water partition coefficient (Wildman–Crippen LogP) is 3.95. The number of piperidine rings is 1. The van der Waals surface area contributed by atoms with Gasteiger partial charge in [-0.2, -0.15) is 0 Å². The molecule has 120 valence electrons. The normalized spacial score (nSPS) is 27.0. The van der Waals surface area contributed by atoms with Crippen LogP contribution in [0.4, 0.5) is 4.79 Å². The Hall–Kier alpha value is -0.980. The summed E-state index contributed by atoms with van der Waals surface area (Å²) >= 11 is 2.30. The summed E-state index contributed by atoms with van der Waals surface area (Å²) in [7, 11) is 0. The van der Waals surface area contributed by atoms with E-state index < -0.39 is 5.60 Å². The second-order valence-corrected chi connectivity index (χ2v) is 8.59. The number of ether oxygens (including phenoxy) is 2. The van der Waals surface area contributed by atoms with Crippen molar-refractivity contribution in [2.24, 2.45) is 0 Å². The van der Waals surface area contributed by atoms with Gasteiger partial charge in [-0.3, -0.25) is 0 Å². The minimum atomic E-state index is -0.465. The second-order valence-electron chi connectivity index (χ2n) is 7.34. The molecule has 5 heteroatoms. The summed E-state index contributed by atoms with van der Waals surface area (Å²) in [6.07, 6.45) is 0.649. The first-order chi connectivity index (χ1) is 10.2. The Bertz CT molecular complexity index is 610. The number of benzene rings is 1. The average Bonchev–Trinajstić information content (AvgIpc) is 2.67. The van der Waals surface area contributed by atoms with Crippen LogP contribution in [0.5, 0.6) is 5.75 Å². The second kappa shape index (κ2) is 5.28. The molecule has 0 aromatic heterocycles. The molecule has 0 radical (unpaired) electrons. The standard InChI is InChI=1S/C17H22INO3/c1-16(2,3)22-15(20)19-8-7-17(4)12-6-5-11(18)9-13(12)21-14(17)10-19/h5-6,9,14H,7-8,10H2,1-4H3. The summed E-state index contributed by atoms with van der Waals surface area (Å²) in [6.45, 7) is 9.20. The maximum atomic E-state index is 12.3. The first-order valence-corrected chi connectivity index (χ1v) is 8.71. The predicted molar refractivity (Wildman–Crippen MR) is 93.4 cm³/mol. The van der Waals surface area contributed by atoms with Crippen molar-refractivity contribution in [3.05, 3.63) is 27.3 Å². The highest BCUT2D eigenvalue weighted by atomic mass is 127. The molecule has 2 atom stereocenters. The summed E-state index contributed by atoms with van der Waals surface area (Å²) in [5, 5.41) is 0. The molecule has 1 aromatic carbocycles. The summed E-state index contributed by atoms with van der Waals surface area (Å²) < 4.78 is 12.8. The Balaban J connectivity index is 1.78. The van der Waals surface area contributed by atoms with E-state index in [4.69, 9.17) is 9.47 Å². The molecule has 4 nitrogen and oxygen atoms in total. The first kappa shape index (κ1) is 15.9. The van der Waals surface area contributed by atoms with E-state index in [0.717, 1.165) is 12.2 Å². The molecule has 2 aliphatic heterocycles. The minimum absolute atomic E-state index is 0.00182. The van der Waals surface area contributed by atoms with Gasteiger partial charge in [-0.15, -0.1) is 0 Å². The highest BCUT2D eigenvalue weighted by Crippen LogP contribution is 2.47. The van der Waals surface area contributed by atoms with Crippen molar-refractivity contribution in [1.82, 2.24) is 4.90 Å². The molecule has 0 N–H and O–H groups in total. The molecule has 2 unspecified atom stereocenters. The quantitative estimate of drug-likeness (QED) is 0.603. The van der Waals surface area contributed by atoms with Crippen LogP contribution in [-0.4, -0.2) is 35.8 Å². The van der Waals surface area contributed by atoms with Gasteiger partial charge >= 0.3 is 6.09 Å². The lowest BCUT2D eigenvalue weighted by Gasteiger charge is -2.41. The number of likely N-dealkylation sites (tertiary alicyclic amines) is 1. The van der Waals surface area contributed by atoms with Crippen LogP contribution in [0.15, 0.2) is 18.2 Å². The monoisotopic (exact) mass is 415 g/mol. The molecule has 0 saturated carbocycles. The lowest BCUT2D eigenvalue weighted by atomic mass is 9.74. The van der Waals surface area contributed by atoms with Crippen molar-refractivity contribution >= 4 is 28.7 Å². The first-order valence-electron chi connectivity index (χ1n) is 7.64. The molecule has 1 fully saturated rings. The van der Waals surface area contributed by atoms with E-state index in [2.05, 4.69) is 47.7 Å². The number of amides is 1. The fourth-order valence-corrected chi connectivity index (χ4v) is 3.67. The van der Waals surface area contributed by atoms with Crippen molar-refractivity contribution < 1.29 is 14.3 Å². The van der Waals surface area contributed by atoms with Crippen LogP contribution in [0, 0.1) is 3.57 Å². The largest absolute Gasteiger partial charge is 0.487 e. The molecular formula is C17H22INO3. The molecular weight excluding hydrogens is 393 g/mol. The molecule has 2 heterocycles. The minimum Gasteiger partial charge on any atom is -0.487 e. The van der Waals surface area contributed by atoms with Gasteiger partial charge in [0.1, 0.15) is 17.5 Å². The fourth-order valence-electron chi connectivity index (χ4n) is 3.21. The van der Waals surface area contributed by atoms with Crippen molar-refractivity contribution in [2.75, 3.05) is 13.1 Å². The lowest BCUT2D eigenvalue weighted by Crippen LogP contribution is -2.54. The Morgan fingerprint density at radius 1 is 1.45 bits per heavy atom. The number of nitrogens with zero attached hydrogens (tertiary/aromatic N) is 1. The van der Waals surface area contributed by atoms with E-state index >= 15 is 0 Å². The number of hydrogen-bond acceptors (Lipinski definition) is 3. The zero-order chi connectivity index (χ0) is 16.1. The Morgan fingerprint density at radius 2 is 2.18 bits per heavy atom. The van der Waals surface area contributed by atoms with Crippen molar-refractivity contribution in [3.8, 4) is 5.75 Å². The van der Waals surface area contributed by atoms with Gasteiger partial charge in [-0.05, 0) is 61.9 Å². The summed E-state index contributed by atoms with van der Waals surface area (Å²) in [5.41, 5.74) is 0.785. The maximum absolute atomic E-state index is 12.3. The summed E-state index contributed by atoms with van der Waals surface area (Å²) in [5.74, 6) is 0.963. The van der Waals surface area contributed by atoms with E-state index in [1.165, 1.54) is 9.13 Å². The number of carbonyl (C=O) groups excluding carboxylic acids is 1. The third kappa shape index (κ3) is 2.79.